The standard InChI is InChI=1S/C25H30N2O4/c1-18(28)31-23-12-6-10-21(16-23)25(30)27-22-11-5-9-20(15-22)17-26-24(29)14-13-19-7-3-2-4-8-19/h5-6,9-12,15-16,19H,2-4,7-8,13-14,17H2,1H3,(H,26,29)(H,27,30). The number of rotatable bonds is 8. The van der Waals surface area contributed by atoms with Crippen LogP contribution in [0.25, 0.3) is 0 Å². The molecule has 2 aromatic rings. The van der Waals surface area contributed by atoms with Crippen LogP contribution in [0.1, 0.15) is 67.8 Å². The Bertz CT molecular complexity index is 919. The summed E-state index contributed by atoms with van der Waals surface area (Å²) in [6, 6.07) is 13.8. The zero-order valence-corrected chi connectivity index (χ0v) is 18.0. The third-order valence-corrected chi connectivity index (χ3v) is 5.54. The van der Waals surface area contributed by atoms with Crippen molar-refractivity contribution in [3.8, 4) is 5.75 Å². The maximum atomic E-state index is 12.5. The van der Waals surface area contributed by atoms with Crippen LogP contribution in [0.3, 0.4) is 0 Å². The van der Waals surface area contributed by atoms with E-state index in [0.29, 0.717) is 35.9 Å². The molecule has 0 aliphatic heterocycles. The Morgan fingerprint density at radius 1 is 1.00 bits per heavy atom. The number of hydrogen-bond acceptors (Lipinski definition) is 4. The van der Waals surface area contributed by atoms with Crippen LogP contribution in [0.4, 0.5) is 5.69 Å². The molecule has 1 fully saturated rings. The van der Waals surface area contributed by atoms with Crippen LogP contribution in [0.5, 0.6) is 5.75 Å². The van der Waals surface area contributed by atoms with Gasteiger partial charge in [0.2, 0.25) is 5.91 Å². The molecule has 1 saturated carbocycles. The lowest BCUT2D eigenvalue weighted by Gasteiger charge is -2.21. The molecule has 0 heterocycles. The quantitative estimate of drug-likeness (QED) is 0.471. The van der Waals surface area contributed by atoms with Crippen molar-refractivity contribution < 1.29 is 19.1 Å². The first-order valence-electron chi connectivity index (χ1n) is 10.9. The molecule has 1 aliphatic rings. The van der Waals surface area contributed by atoms with Crippen LogP contribution < -0.4 is 15.4 Å². The van der Waals surface area contributed by atoms with E-state index in [1.807, 2.05) is 18.2 Å². The molecule has 0 spiro atoms. The molecule has 2 aromatic carbocycles. The first-order valence-corrected chi connectivity index (χ1v) is 10.9. The molecule has 2 amide bonds. The maximum Gasteiger partial charge on any atom is 0.308 e. The lowest BCUT2D eigenvalue weighted by Crippen LogP contribution is -2.23. The van der Waals surface area contributed by atoms with Gasteiger partial charge in [-0.1, -0.05) is 50.3 Å². The first kappa shape index (κ1) is 22.5. The summed E-state index contributed by atoms with van der Waals surface area (Å²) in [6.45, 7) is 1.74. The zero-order valence-electron chi connectivity index (χ0n) is 18.0. The second kappa shape index (κ2) is 11.3. The minimum absolute atomic E-state index is 0.0716. The fraction of sp³-hybridized carbons (Fsp3) is 0.400. The number of benzene rings is 2. The second-order valence-electron chi connectivity index (χ2n) is 8.10. The van der Waals surface area contributed by atoms with Gasteiger partial charge in [-0.3, -0.25) is 14.4 Å². The molecule has 0 atom stereocenters. The molecule has 0 unspecified atom stereocenters. The van der Waals surface area contributed by atoms with E-state index in [-0.39, 0.29) is 11.8 Å². The molecule has 0 aromatic heterocycles. The molecule has 0 radical (unpaired) electrons. The number of ether oxygens (including phenoxy) is 1. The van der Waals surface area contributed by atoms with E-state index in [9.17, 15) is 14.4 Å². The summed E-state index contributed by atoms with van der Waals surface area (Å²) in [4.78, 5) is 35.8. The molecule has 31 heavy (non-hydrogen) atoms. The molecular weight excluding hydrogens is 392 g/mol. The van der Waals surface area contributed by atoms with Crippen LogP contribution in [0.15, 0.2) is 48.5 Å². The summed E-state index contributed by atoms with van der Waals surface area (Å²) in [5.41, 5.74) is 1.94. The van der Waals surface area contributed by atoms with Crippen molar-refractivity contribution in [3.05, 3.63) is 59.7 Å². The maximum absolute atomic E-state index is 12.5. The largest absolute Gasteiger partial charge is 0.427 e. The minimum atomic E-state index is -0.439. The number of nitrogens with one attached hydrogen (secondary N) is 2. The third kappa shape index (κ3) is 7.55. The summed E-state index contributed by atoms with van der Waals surface area (Å²) in [5.74, 6) is 0.346. The summed E-state index contributed by atoms with van der Waals surface area (Å²) < 4.78 is 5.03. The van der Waals surface area contributed by atoms with Gasteiger partial charge in [0.05, 0.1) is 0 Å². The van der Waals surface area contributed by atoms with Gasteiger partial charge < -0.3 is 15.4 Å². The van der Waals surface area contributed by atoms with E-state index in [0.717, 1.165) is 12.0 Å². The Morgan fingerprint density at radius 3 is 2.55 bits per heavy atom. The average molecular weight is 423 g/mol. The monoisotopic (exact) mass is 422 g/mol. The molecule has 0 saturated heterocycles. The van der Waals surface area contributed by atoms with Gasteiger partial charge in [0.15, 0.2) is 0 Å². The molecule has 2 N–H and O–H groups in total. The van der Waals surface area contributed by atoms with E-state index < -0.39 is 5.97 Å². The number of hydrogen-bond donors (Lipinski definition) is 2. The minimum Gasteiger partial charge on any atom is -0.427 e. The van der Waals surface area contributed by atoms with Crippen molar-refractivity contribution in [2.45, 2.75) is 58.4 Å². The van der Waals surface area contributed by atoms with E-state index >= 15 is 0 Å². The molecule has 164 valence electrons. The molecule has 1 aliphatic carbocycles. The van der Waals surface area contributed by atoms with Crippen molar-refractivity contribution in [1.82, 2.24) is 5.32 Å². The topological polar surface area (TPSA) is 84.5 Å². The Morgan fingerprint density at radius 2 is 1.77 bits per heavy atom. The SMILES string of the molecule is CC(=O)Oc1cccc(C(=O)Nc2cccc(CNC(=O)CCC3CCCCC3)c2)c1. The summed E-state index contributed by atoms with van der Waals surface area (Å²) in [7, 11) is 0. The Hall–Kier alpha value is -3.15. The Balaban J connectivity index is 1.49. The highest BCUT2D eigenvalue weighted by Crippen LogP contribution is 2.27. The number of carbonyl (C=O) groups excluding carboxylic acids is 3. The van der Waals surface area contributed by atoms with Gasteiger partial charge in [0, 0.05) is 31.1 Å². The highest BCUT2D eigenvalue weighted by molar-refractivity contribution is 6.04. The van der Waals surface area contributed by atoms with Crippen molar-refractivity contribution in [2.75, 3.05) is 5.32 Å². The number of esters is 1. The summed E-state index contributed by atoms with van der Waals surface area (Å²) >= 11 is 0. The van der Waals surface area contributed by atoms with Crippen LogP contribution in [-0.2, 0) is 16.1 Å². The fourth-order valence-corrected chi connectivity index (χ4v) is 3.93. The normalized spacial score (nSPS) is 14.0. The average Bonchev–Trinajstić information content (AvgIpc) is 2.77. The Kier molecular flexibility index (Phi) is 8.21. The highest BCUT2D eigenvalue weighted by Gasteiger charge is 2.15. The predicted molar refractivity (Wildman–Crippen MR) is 120 cm³/mol. The van der Waals surface area contributed by atoms with Crippen molar-refractivity contribution in [2.24, 2.45) is 5.92 Å². The van der Waals surface area contributed by atoms with Gasteiger partial charge in [-0.25, -0.2) is 0 Å². The van der Waals surface area contributed by atoms with Gasteiger partial charge in [0.1, 0.15) is 5.75 Å². The van der Waals surface area contributed by atoms with Crippen molar-refractivity contribution in [3.63, 3.8) is 0 Å². The number of amides is 2. The van der Waals surface area contributed by atoms with E-state index in [1.165, 1.54) is 45.1 Å². The predicted octanol–water partition coefficient (Wildman–Crippen LogP) is 4.84. The van der Waals surface area contributed by atoms with Crippen LogP contribution in [0.2, 0.25) is 0 Å². The van der Waals surface area contributed by atoms with E-state index in [2.05, 4.69) is 10.6 Å². The molecular formula is C25H30N2O4. The van der Waals surface area contributed by atoms with Crippen LogP contribution in [-0.4, -0.2) is 17.8 Å². The molecule has 0 bridgehead atoms. The summed E-state index contributed by atoms with van der Waals surface area (Å²) in [5, 5.41) is 5.82. The second-order valence-corrected chi connectivity index (χ2v) is 8.10. The third-order valence-electron chi connectivity index (χ3n) is 5.54. The number of carbonyl (C=O) groups is 3. The highest BCUT2D eigenvalue weighted by atomic mass is 16.5. The molecule has 3 rings (SSSR count). The fourth-order valence-electron chi connectivity index (χ4n) is 3.93. The lowest BCUT2D eigenvalue weighted by molar-refractivity contribution is -0.131. The van der Waals surface area contributed by atoms with Crippen molar-refractivity contribution >= 4 is 23.5 Å². The molecule has 6 nitrogen and oxygen atoms in total. The van der Waals surface area contributed by atoms with Gasteiger partial charge in [-0.05, 0) is 48.2 Å². The number of anilines is 1. The Labute approximate surface area is 183 Å². The zero-order chi connectivity index (χ0) is 22.1. The van der Waals surface area contributed by atoms with E-state index in [1.54, 1.807) is 24.3 Å². The summed E-state index contributed by atoms with van der Waals surface area (Å²) in [6.07, 6.45) is 7.94. The van der Waals surface area contributed by atoms with Gasteiger partial charge in [0.25, 0.3) is 5.91 Å². The van der Waals surface area contributed by atoms with Gasteiger partial charge >= 0.3 is 5.97 Å². The van der Waals surface area contributed by atoms with Crippen LogP contribution >= 0.6 is 0 Å². The van der Waals surface area contributed by atoms with Gasteiger partial charge in [-0.15, -0.1) is 0 Å². The van der Waals surface area contributed by atoms with Gasteiger partial charge in [-0.2, -0.15) is 0 Å². The van der Waals surface area contributed by atoms with Crippen LogP contribution in [0, 0.1) is 5.92 Å². The lowest BCUT2D eigenvalue weighted by atomic mass is 9.86. The first-order chi connectivity index (χ1) is 15.0. The van der Waals surface area contributed by atoms with Crippen molar-refractivity contribution in [1.29, 1.82) is 0 Å². The van der Waals surface area contributed by atoms with E-state index in [4.69, 9.17) is 4.74 Å². The smallest absolute Gasteiger partial charge is 0.308 e. The molecule has 6 heteroatoms.